The van der Waals surface area contributed by atoms with Gasteiger partial charge in [-0.25, -0.2) is 4.98 Å². The summed E-state index contributed by atoms with van der Waals surface area (Å²) in [6.07, 6.45) is 0.670. The van der Waals surface area contributed by atoms with Crippen LogP contribution < -0.4 is 5.56 Å². The first-order valence-corrected chi connectivity index (χ1v) is 5.27. The maximum Gasteiger partial charge on any atom is 0.273 e. The van der Waals surface area contributed by atoms with Crippen LogP contribution in [0.1, 0.15) is 13.8 Å². The summed E-state index contributed by atoms with van der Waals surface area (Å²) in [6, 6.07) is 0. The number of halogens is 2. The number of hydrogen-bond acceptors (Lipinski definition) is 3. The monoisotopic (exact) mass is 250 g/mol. The molecule has 0 aliphatic rings. The van der Waals surface area contributed by atoms with Crippen LogP contribution in [0, 0.1) is 5.92 Å². The lowest BCUT2D eigenvalue weighted by Gasteiger charge is -2.15. The van der Waals surface area contributed by atoms with Gasteiger partial charge in [0.25, 0.3) is 5.56 Å². The van der Waals surface area contributed by atoms with Gasteiger partial charge in [-0.15, -0.1) is 0 Å². The molecule has 1 atom stereocenters. The van der Waals surface area contributed by atoms with Crippen LogP contribution in [0.5, 0.6) is 0 Å². The summed E-state index contributed by atoms with van der Waals surface area (Å²) in [5.74, 6) is 0.0614. The summed E-state index contributed by atoms with van der Waals surface area (Å²) in [4.78, 5) is 15.3. The molecular weight excluding hydrogens is 239 g/mol. The minimum atomic E-state index is -0.609. The van der Waals surface area contributed by atoms with Crippen molar-refractivity contribution in [3.63, 3.8) is 0 Å². The van der Waals surface area contributed by atoms with Crippen LogP contribution in [-0.4, -0.2) is 20.8 Å². The predicted molar refractivity (Wildman–Crippen MR) is 59.4 cm³/mol. The summed E-state index contributed by atoms with van der Waals surface area (Å²) in [5.41, 5.74) is -0.434. The minimum absolute atomic E-state index is 0.0167. The molecule has 0 aromatic carbocycles. The Morgan fingerprint density at radius 3 is 2.67 bits per heavy atom. The number of nitrogens with zero attached hydrogens (tertiary/aromatic N) is 2. The smallest absolute Gasteiger partial charge is 0.273 e. The number of aliphatic hydroxyl groups excluding tert-OH is 1. The lowest BCUT2D eigenvalue weighted by molar-refractivity contribution is 0.105. The normalized spacial score (nSPS) is 13.2. The van der Waals surface area contributed by atoms with Gasteiger partial charge in [0.1, 0.15) is 5.02 Å². The van der Waals surface area contributed by atoms with Gasteiger partial charge >= 0.3 is 0 Å². The molecule has 0 radical (unpaired) electrons. The number of aliphatic hydroxyl groups is 1. The molecular formula is C9H12Cl2N2O2. The van der Waals surface area contributed by atoms with Crippen molar-refractivity contribution in [2.75, 3.05) is 0 Å². The molecule has 0 amide bonds. The van der Waals surface area contributed by atoms with E-state index >= 15 is 0 Å². The quantitative estimate of drug-likeness (QED) is 0.829. The first-order chi connectivity index (χ1) is 6.93. The molecule has 4 nitrogen and oxygen atoms in total. The molecule has 0 saturated carbocycles. The maximum absolute atomic E-state index is 11.5. The first-order valence-electron chi connectivity index (χ1n) is 4.52. The molecule has 15 heavy (non-hydrogen) atoms. The number of hydrogen-bond donors (Lipinski definition) is 1. The minimum Gasteiger partial charge on any atom is -0.391 e. The van der Waals surface area contributed by atoms with Crippen molar-refractivity contribution >= 4 is 23.2 Å². The van der Waals surface area contributed by atoms with E-state index in [2.05, 4.69) is 4.98 Å². The third kappa shape index (κ3) is 2.93. The summed E-state index contributed by atoms with van der Waals surface area (Å²) < 4.78 is 1.25. The fourth-order valence-electron chi connectivity index (χ4n) is 0.986. The molecule has 84 valence electrons. The van der Waals surface area contributed by atoms with Crippen LogP contribution in [0.2, 0.25) is 10.2 Å². The Hall–Kier alpha value is -0.580. The fourth-order valence-corrected chi connectivity index (χ4v) is 1.27. The largest absolute Gasteiger partial charge is 0.391 e. The van der Waals surface area contributed by atoms with Gasteiger partial charge in [-0.3, -0.25) is 9.36 Å². The van der Waals surface area contributed by atoms with E-state index in [0.29, 0.717) is 0 Å². The fraction of sp³-hybridized carbons (Fsp3) is 0.556. The molecule has 0 bridgehead atoms. The van der Waals surface area contributed by atoms with Gasteiger partial charge < -0.3 is 5.11 Å². The molecule has 0 aliphatic carbocycles. The molecule has 1 aromatic heterocycles. The Balaban J connectivity index is 2.97. The van der Waals surface area contributed by atoms with E-state index in [9.17, 15) is 9.90 Å². The van der Waals surface area contributed by atoms with Crippen molar-refractivity contribution < 1.29 is 5.11 Å². The van der Waals surface area contributed by atoms with E-state index in [-0.39, 0.29) is 22.6 Å². The van der Waals surface area contributed by atoms with Crippen molar-refractivity contribution in [1.29, 1.82) is 0 Å². The van der Waals surface area contributed by atoms with Gasteiger partial charge in [-0.2, -0.15) is 0 Å². The molecule has 0 saturated heterocycles. The van der Waals surface area contributed by atoms with Crippen molar-refractivity contribution in [2.45, 2.75) is 26.5 Å². The summed E-state index contributed by atoms with van der Waals surface area (Å²) in [7, 11) is 0. The van der Waals surface area contributed by atoms with Gasteiger partial charge in [-0.05, 0) is 5.92 Å². The lowest BCUT2D eigenvalue weighted by Crippen LogP contribution is -2.29. The molecule has 1 rings (SSSR count). The Bertz CT molecular complexity index is 404. The van der Waals surface area contributed by atoms with E-state index in [0.717, 1.165) is 0 Å². The zero-order valence-corrected chi connectivity index (χ0v) is 9.96. The van der Waals surface area contributed by atoms with Gasteiger partial charge in [-0.1, -0.05) is 37.0 Å². The zero-order chi connectivity index (χ0) is 11.6. The summed E-state index contributed by atoms with van der Waals surface area (Å²) in [6.45, 7) is 3.89. The highest BCUT2D eigenvalue weighted by molar-refractivity contribution is 6.40. The Labute approximate surface area is 97.5 Å². The Morgan fingerprint density at radius 1 is 1.53 bits per heavy atom. The van der Waals surface area contributed by atoms with Crippen molar-refractivity contribution in [2.24, 2.45) is 5.92 Å². The molecule has 0 spiro atoms. The average Bonchev–Trinajstić information content (AvgIpc) is 2.18. The molecule has 1 unspecified atom stereocenters. The zero-order valence-electron chi connectivity index (χ0n) is 8.44. The molecule has 6 heteroatoms. The van der Waals surface area contributed by atoms with E-state index in [4.69, 9.17) is 23.2 Å². The van der Waals surface area contributed by atoms with Crippen LogP contribution in [-0.2, 0) is 6.54 Å². The van der Waals surface area contributed by atoms with Crippen molar-refractivity contribution in [3.8, 4) is 0 Å². The van der Waals surface area contributed by atoms with E-state index in [1.54, 1.807) is 0 Å². The lowest BCUT2D eigenvalue weighted by atomic mass is 10.1. The maximum atomic E-state index is 11.5. The predicted octanol–water partition coefficient (Wildman–Crippen LogP) is 1.57. The van der Waals surface area contributed by atoms with Gasteiger partial charge in [0.2, 0.25) is 0 Å². The number of rotatable bonds is 3. The topological polar surface area (TPSA) is 55.1 Å². The van der Waals surface area contributed by atoms with Crippen LogP contribution in [0.4, 0.5) is 0 Å². The summed E-state index contributed by atoms with van der Waals surface area (Å²) >= 11 is 11.2. The molecule has 1 aromatic rings. The molecule has 0 fully saturated rings. The van der Waals surface area contributed by atoms with Gasteiger partial charge in [0, 0.05) is 0 Å². The van der Waals surface area contributed by atoms with Crippen LogP contribution in [0.3, 0.4) is 0 Å². The second-order valence-corrected chi connectivity index (χ2v) is 4.35. The highest BCUT2D eigenvalue weighted by atomic mass is 35.5. The second-order valence-electron chi connectivity index (χ2n) is 3.62. The number of aromatic nitrogens is 2. The van der Waals surface area contributed by atoms with Gasteiger partial charge in [0.15, 0.2) is 5.15 Å². The average molecular weight is 251 g/mol. The molecule has 1 heterocycles. The SMILES string of the molecule is CC(C)C(O)Cn1cnc(Cl)c(Cl)c1=O. The molecule has 0 aliphatic heterocycles. The van der Waals surface area contributed by atoms with Crippen LogP contribution in [0.25, 0.3) is 0 Å². The Kier molecular flexibility index (Phi) is 4.13. The van der Waals surface area contributed by atoms with E-state index < -0.39 is 11.7 Å². The third-order valence-corrected chi connectivity index (χ3v) is 2.82. The second kappa shape index (κ2) is 4.96. The highest BCUT2D eigenvalue weighted by Crippen LogP contribution is 2.13. The molecule has 1 N–H and O–H groups in total. The standard InChI is InChI=1S/C9H12Cl2N2O2/c1-5(2)6(14)3-13-4-12-8(11)7(10)9(13)15/h4-6,14H,3H2,1-2H3. The first kappa shape index (κ1) is 12.5. The Morgan fingerprint density at radius 2 is 2.13 bits per heavy atom. The van der Waals surface area contributed by atoms with Crippen LogP contribution in [0.15, 0.2) is 11.1 Å². The third-order valence-electron chi connectivity index (χ3n) is 2.09. The highest BCUT2D eigenvalue weighted by Gasteiger charge is 2.13. The van der Waals surface area contributed by atoms with Gasteiger partial charge in [0.05, 0.1) is 19.0 Å². The van der Waals surface area contributed by atoms with Crippen molar-refractivity contribution in [3.05, 3.63) is 26.9 Å². The van der Waals surface area contributed by atoms with Crippen molar-refractivity contribution in [1.82, 2.24) is 9.55 Å². The van der Waals surface area contributed by atoms with Crippen LogP contribution >= 0.6 is 23.2 Å². The summed E-state index contributed by atoms with van der Waals surface area (Å²) in [5, 5.41) is 9.47. The van der Waals surface area contributed by atoms with E-state index in [1.165, 1.54) is 10.9 Å². The van der Waals surface area contributed by atoms with E-state index in [1.807, 2.05) is 13.8 Å².